The summed E-state index contributed by atoms with van der Waals surface area (Å²) in [4.78, 5) is 17.2. The van der Waals surface area contributed by atoms with Crippen molar-refractivity contribution < 1.29 is 14.3 Å². The van der Waals surface area contributed by atoms with Gasteiger partial charge in [0, 0.05) is 45.0 Å². The Morgan fingerprint density at radius 3 is 2.83 bits per heavy atom. The second kappa shape index (κ2) is 7.52. The quantitative estimate of drug-likeness (QED) is 0.815. The van der Waals surface area contributed by atoms with Crippen LogP contribution in [-0.4, -0.2) is 67.8 Å². The highest BCUT2D eigenvalue weighted by Crippen LogP contribution is 2.37. The van der Waals surface area contributed by atoms with Crippen molar-refractivity contribution in [2.45, 2.75) is 44.4 Å². The summed E-state index contributed by atoms with van der Waals surface area (Å²) in [6.45, 7) is 6.15. The smallest absolute Gasteiger partial charge is 0.248 e. The van der Waals surface area contributed by atoms with Crippen molar-refractivity contribution in [1.82, 2.24) is 9.80 Å². The number of likely N-dealkylation sites (N-methyl/N-ethyl adjacent to an activating group) is 1. The number of likely N-dealkylation sites (tertiary alicyclic amines) is 1. The van der Waals surface area contributed by atoms with Crippen molar-refractivity contribution in [3.05, 3.63) is 21.9 Å². The molecular formula is C18H28N2O3S. The predicted molar refractivity (Wildman–Crippen MR) is 95.3 cm³/mol. The van der Waals surface area contributed by atoms with Crippen molar-refractivity contribution in [3.8, 4) is 0 Å². The zero-order chi connectivity index (χ0) is 17.2. The molecule has 2 aliphatic rings. The maximum absolute atomic E-state index is 11.6. The van der Waals surface area contributed by atoms with Crippen molar-refractivity contribution in [2.24, 2.45) is 0 Å². The third-order valence-corrected chi connectivity index (χ3v) is 6.23. The van der Waals surface area contributed by atoms with Crippen molar-refractivity contribution >= 4 is 17.2 Å². The van der Waals surface area contributed by atoms with E-state index >= 15 is 0 Å². The Labute approximate surface area is 148 Å². The van der Waals surface area contributed by atoms with E-state index in [1.54, 1.807) is 19.0 Å². The number of nitrogens with zero attached hydrogens (tertiary/aromatic N) is 2. The Bertz CT molecular complexity index is 564. The average Bonchev–Trinajstić information content (AvgIpc) is 3.14. The van der Waals surface area contributed by atoms with E-state index in [1.807, 2.05) is 11.3 Å². The fraction of sp³-hybridized carbons (Fsp3) is 0.722. The lowest BCUT2D eigenvalue weighted by Gasteiger charge is -2.38. The van der Waals surface area contributed by atoms with Crippen LogP contribution in [0.4, 0.5) is 0 Å². The summed E-state index contributed by atoms with van der Waals surface area (Å²) in [6, 6.07) is 2.20. The molecule has 1 spiro atoms. The van der Waals surface area contributed by atoms with Gasteiger partial charge >= 0.3 is 0 Å². The molecule has 3 rings (SSSR count). The highest BCUT2D eigenvalue weighted by Gasteiger charge is 2.43. The molecule has 1 aromatic heterocycles. The normalized spacial score (nSPS) is 23.7. The number of ether oxygens (including phenoxy) is 2. The first kappa shape index (κ1) is 17.9. The van der Waals surface area contributed by atoms with Crippen LogP contribution in [0.15, 0.2) is 11.4 Å². The number of thiophene rings is 1. The van der Waals surface area contributed by atoms with E-state index in [0.717, 1.165) is 38.9 Å². The molecular weight excluding hydrogens is 324 g/mol. The molecule has 0 saturated carbocycles. The lowest BCUT2D eigenvalue weighted by Crippen LogP contribution is -2.44. The van der Waals surface area contributed by atoms with Crippen LogP contribution in [0.3, 0.4) is 0 Å². The van der Waals surface area contributed by atoms with Crippen LogP contribution in [0.25, 0.3) is 0 Å². The molecule has 0 aliphatic carbocycles. The Morgan fingerprint density at radius 1 is 1.46 bits per heavy atom. The van der Waals surface area contributed by atoms with Crippen LogP contribution in [0.1, 0.15) is 29.7 Å². The molecule has 134 valence electrons. The Hall–Kier alpha value is -0.950. The van der Waals surface area contributed by atoms with Crippen LogP contribution >= 0.6 is 11.3 Å². The molecule has 1 aromatic rings. The molecule has 0 bridgehead atoms. The van der Waals surface area contributed by atoms with Gasteiger partial charge in [0.2, 0.25) is 5.91 Å². The summed E-state index contributed by atoms with van der Waals surface area (Å²) < 4.78 is 11.9. The van der Waals surface area contributed by atoms with E-state index < -0.39 is 0 Å². The molecule has 24 heavy (non-hydrogen) atoms. The third kappa shape index (κ3) is 4.17. The molecule has 1 atom stereocenters. The largest absolute Gasteiger partial charge is 0.372 e. The Morgan fingerprint density at radius 2 is 2.21 bits per heavy atom. The summed E-state index contributed by atoms with van der Waals surface area (Å²) in [5, 5.41) is 2.17. The lowest BCUT2D eigenvalue weighted by molar-refractivity contribution is -0.135. The molecule has 1 unspecified atom stereocenters. The molecule has 6 heteroatoms. The van der Waals surface area contributed by atoms with Gasteiger partial charge in [0.05, 0.1) is 18.3 Å². The topological polar surface area (TPSA) is 42.0 Å². The minimum Gasteiger partial charge on any atom is -0.372 e. The predicted octanol–water partition coefficient (Wildman–Crippen LogP) is 2.28. The van der Waals surface area contributed by atoms with Crippen molar-refractivity contribution in [3.63, 3.8) is 0 Å². The van der Waals surface area contributed by atoms with Crippen LogP contribution in [0.2, 0.25) is 0 Å². The van der Waals surface area contributed by atoms with Crippen molar-refractivity contribution in [2.75, 3.05) is 40.4 Å². The number of aryl methyl sites for hydroxylation is 1. The maximum atomic E-state index is 11.6. The van der Waals surface area contributed by atoms with Gasteiger partial charge in [0.1, 0.15) is 6.61 Å². The third-order valence-electron chi connectivity index (χ3n) is 5.22. The highest BCUT2D eigenvalue weighted by atomic mass is 32.1. The van der Waals surface area contributed by atoms with E-state index in [0.29, 0.717) is 6.61 Å². The van der Waals surface area contributed by atoms with Gasteiger partial charge in [0.25, 0.3) is 0 Å². The second-order valence-corrected chi connectivity index (χ2v) is 8.22. The van der Waals surface area contributed by atoms with Gasteiger partial charge in [-0.3, -0.25) is 9.69 Å². The summed E-state index contributed by atoms with van der Waals surface area (Å²) in [5.74, 6) is 0.0112. The number of amides is 1. The summed E-state index contributed by atoms with van der Waals surface area (Å²) in [5.41, 5.74) is 1.36. The molecule has 1 amide bonds. The molecule has 0 aromatic carbocycles. The molecule has 2 saturated heterocycles. The van der Waals surface area contributed by atoms with Gasteiger partial charge in [0.15, 0.2) is 0 Å². The summed E-state index contributed by atoms with van der Waals surface area (Å²) in [6.07, 6.45) is 3.08. The van der Waals surface area contributed by atoms with Crippen molar-refractivity contribution in [1.29, 1.82) is 0 Å². The molecule has 0 N–H and O–H groups in total. The first-order valence-electron chi connectivity index (χ1n) is 8.68. The standard InChI is InChI=1S/C18H28N2O3S/c1-14-4-9-24-16(14)11-20-7-5-18(6-8-20)10-15(12-23-18)22-13-17(21)19(2)3/h4,9,15H,5-8,10-13H2,1-3H3. The molecule has 0 radical (unpaired) electrons. The monoisotopic (exact) mass is 352 g/mol. The number of hydrogen-bond donors (Lipinski definition) is 0. The minimum absolute atomic E-state index is 0.0112. The van der Waals surface area contributed by atoms with E-state index in [1.165, 1.54) is 10.4 Å². The Kier molecular flexibility index (Phi) is 5.59. The van der Waals surface area contributed by atoms with Gasteiger partial charge < -0.3 is 14.4 Å². The van der Waals surface area contributed by atoms with E-state index in [2.05, 4.69) is 23.3 Å². The first-order chi connectivity index (χ1) is 11.5. The zero-order valence-electron chi connectivity index (χ0n) is 14.9. The summed E-state index contributed by atoms with van der Waals surface area (Å²) >= 11 is 1.85. The SMILES string of the molecule is Cc1ccsc1CN1CCC2(CC1)CC(OCC(=O)N(C)C)CO2. The molecule has 5 nitrogen and oxygen atoms in total. The van der Waals surface area contributed by atoms with Crippen LogP contribution in [0, 0.1) is 6.92 Å². The fourth-order valence-corrected chi connectivity index (χ4v) is 4.41. The van der Waals surface area contributed by atoms with E-state index in [9.17, 15) is 4.79 Å². The maximum Gasteiger partial charge on any atom is 0.248 e. The second-order valence-electron chi connectivity index (χ2n) is 7.22. The molecule has 3 heterocycles. The first-order valence-corrected chi connectivity index (χ1v) is 9.56. The van der Waals surface area contributed by atoms with Crippen LogP contribution < -0.4 is 0 Å². The minimum atomic E-state index is -0.0349. The Balaban J connectivity index is 1.44. The number of rotatable bonds is 5. The van der Waals surface area contributed by atoms with Gasteiger partial charge in [-0.15, -0.1) is 11.3 Å². The average molecular weight is 353 g/mol. The van der Waals surface area contributed by atoms with Gasteiger partial charge in [-0.2, -0.15) is 0 Å². The fourth-order valence-electron chi connectivity index (χ4n) is 3.46. The van der Waals surface area contributed by atoms with Crippen LogP contribution in [-0.2, 0) is 20.8 Å². The van der Waals surface area contributed by atoms with Crippen LogP contribution in [0.5, 0.6) is 0 Å². The van der Waals surface area contributed by atoms with E-state index in [4.69, 9.17) is 9.47 Å². The number of carbonyl (C=O) groups is 1. The number of hydrogen-bond acceptors (Lipinski definition) is 5. The van der Waals surface area contributed by atoms with Gasteiger partial charge in [-0.1, -0.05) is 0 Å². The lowest BCUT2D eigenvalue weighted by atomic mass is 9.88. The van der Waals surface area contributed by atoms with E-state index in [-0.39, 0.29) is 24.2 Å². The van der Waals surface area contributed by atoms with Gasteiger partial charge in [-0.25, -0.2) is 0 Å². The molecule has 2 aliphatic heterocycles. The zero-order valence-corrected chi connectivity index (χ0v) is 15.7. The summed E-state index contributed by atoms with van der Waals surface area (Å²) in [7, 11) is 3.51. The molecule has 2 fully saturated rings. The number of carbonyl (C=O) groups excluding carboxylic acids is 1. The number of piperidine rings is 1. The van der Waals surface area contributed by atoms with Gasteiger partial charge in [-0.05, 0) is 36.8 Å². The highest BCUT2D eigenvalue weighted by molar-refractivity contribution is 7.10.